The summed E-state index contributed by atoms with van der Waals surface area (Å²) in [6.07, 6.45) is 5.84. The van der Waals surface area contributed by atoms with E-state index in [4.69, 9.17) is 5.41 Å². The lowest BCUT2D eigenvalue weighted by Gasteiger charge is -2.29. The quantitative estimate of drug-likeness (QED) is 0.483. The molecule has 1 aliphatic rings. The molecule has 0 bridgehead atoms. The molecule has 1 fully saturated rings. The first-order chi connectivity index (χ1) is 7.81. The third-order valence-electron chi connectivity index (χ3n) is 3.04. The average Bonchev–Trinajstić information content (AvgIpc) is 2.39. The summed E-state index contributed by atoms with van der Waals surface area (Å²) in [5, 5.41) is 8.17. The maximum Gasteiger partial charge on any atom is 0.128 e. The van der Waals surface area contributed by atoms with Crippen molar-refractivity contribution in [2.45, 2.75) is 24.2 Å². The zero-order chi connectivity index (χ0) is 11.4. The molecule has 3 heteroatoms. The first-order valence-electron chi connectivity index (χ1n) is 5.79. The van der Waals surface area contributed by atoms with Crippen LogP contribution in [0.3, 0.4) is 0 Å². The molecule has 86 valence electrons. The van der Waals surface area contributed by atoms with Crippen molar-refractivity contribution >= 4 is 17.6 Å². The third-order valence-corrected chi connectivity index (χ3v) is 3.78. The second kappa shape index (κ2) is 5.39. The Morgan fingerprint density at radius 2 is 1.75 bits per heavy atom. The number of hydrogen-bond donors (Lipinski definition) is 1. The predicted octanol–water partition coefficient (Wildman–Crippen LogP) is 3.22. The smallest absolute Gasteiger partial charge is 0.128 e. The minimum absolute atomic E-state index is 0.687. The summed E-state index contributed by atoms with van der Waals surface area (Å²) in [6, 6.07) is 8.31. The van der Waals surface area contributed by atoms with Crippen LogP contribution in [0, 0.1) is 5.41 Å². The monoisotopic (exact) mass is 234 g/mol. The zero-order valence-corrected chi connectivity index (χ0v) is 10.5. The fourth-order valence-electron chi connectivity index (χ4n) is 2.05. The number of thioether (sulfide) groups is 1. The molecule has 2 nitrogen and oxygen atoms in total. The largest absolute Gasteiger partial charge is 0.357 e. The van der Waals surface area contributed by atoms with Crippen molar-refractivity contribution in [3.05, 3.63) is 29.8 Å². The fourth-order valence-corrected chi connectivity index (χ4v) is 2.46. The highest BCUT2D eigenvalue weighted by Gasteiger charge is 2.14. The van der Waals surface area contributed by atoms with Crippen LogP contribution in [0.15, 0.2) is 29.2 Å². The second-order valence-corrected chi connectivity index (χ2v) is 5.00. The van der Waals surface area contributed by atoms with Gasteiger partial charge in [0.05, 0.1) is 0 Å². The van der Waals surface area contributed by atoms with E-state index < -0.39 is 0 Å². The van der Waals surface area contributed by atoms with Gasteiger partial charge < -0.3 is 4.90 Å². The van der Waals surface area contributed by atoms with Crippen molar-refractivity contribution < 1.29 is 0 Å². The molecule has 2 rings (SSSR count). The summed E-state index contributed by atoms with van der Waals surface area (Å²) < 4.78 is 0. The molecule has 0 saturated carbocycles. The highest BCUT2D eigenvalue weighted by molar-refractivity contribution is 7.98. The van der Waals surface area contributed by atoms with Crippen molar-refractivity contribution in [3.63, 3.8) is 0 Å². The molecular weight excluding hydrogens is 216 g/mol. The Bertz CT molecular complexity index is 353. The van der Waals surface area contributed by atoms with Gasteiger partial charge in [0.2, 0.25) is 0 Å². The van der Waals surface area contributed by atoms with Gasteiger partial charge in [0, 0.05) is 23.5 Å². The Balaban J connectivity index is 2.07. The van der Waals surface area contributed by atoms with Crippen molar-refractivity contribution in [3.8, 4) is 0 Å². The molecule has 1 N–H and O–H groups in total. The van der Waals surface area contributed by atoms with Gasteiger partial charge in [-0.1, -0.05) is 12.1 Å². The normalized spacial score (nSPS) is 16.2. The van der Waals surface area contributed by atoms with Gasteiger partial charge in [0.15, 0.2) is 0 Å². The van der Waals surface area contributed by atoms with Gasteiger partial charge in [-0.25, -0.2) is 0 Å². The predicted molar refractivity (Wildman–Crippen MR) is 70.5 cm³/mol. The molecule has 0 atom stereocenters. The van der Waals surface area contributed by atoms with E-state index in [0.29, 0.717) is 5.84 Å². The summed E-state index contributed by atoms with van der Waals surface area (Å²) in [5.41, 5.74) is 1.04. The van der Waals surface area contributed by atoms with Crippen LogP contribution in [0.25, 0.3) is 0 Å². The van der Waals surface area contributed by atoms with E-state index in [-0.39, 0.29) is 0 Å². The van der Waals surface area contributed by atoms with Gasteiger partial charge in [-0.15, -0.1) is 11.8 Å². The van der Waals surface area contributed by atoms with Crippen molar-refractivity contribution in [1.29, 1.82) is 5.41 Å². The second-order valence-electron chi connectivity index (χ2n) is 4.12. The number of piperidine rings is 1. The van der Waals surface area contributed by atoms with E-state index in [1.165, 1.54) is 24.2 Å². The molecule has 0 aromatic heterocycles. The molecule has 16 heavy (non-hydrogen) atoms. The minimum Gasteiger partial charge on any atom is -0.357 e. The van der Waals surface area contributed by atoms with Crippen LogP contribution in [0.4, 0.5) is 0 Å². The summed E-state index contributed by atoms with van der Waals surface area (Å²) in [4.78, 5) is 3.45. The summed E-state index contributed by atoms with van der Waals surface area (Å²) in [6.45, 7) is 2.09. The van der Waals surface area contributed by atoms with Gasteiger partial charge >= 0.3 is 0 Å². The topological polar surface area (TPSA) is 27.1 Å². The molecule has 1 heterocycles. The Hall–Kier alpha value is -0.960. The number of nitrogens with one attached hydrogen (secondary N) is 1. The SMILES string of the molecule is CSc1ccc(C(=N)N2CCCCC2)cc1. The molecule has 0 aliphatic carbocycles. The molecule has 1 aromatic rings. The first-order valence-corrected chi connectivity index (χ1v) is 7.01. The van der Waals surface area contributed by atoms with Crippen LogP contribution < -0.4 is 0 Å². The maximum absolute atomic E-state index is 8.17. The van der Waals surface area contributed by atoms with Crippen LogP contribution >= 0.6 is 11.8 Å². The lowest BCUT2D eigenvalue weighted by atomic mass is 10.1. The molecular formula is C13H18N2S. The molecule has 0 amide bonds. The standard InChI is InChI=1S/C13H18N2S/c1-16-12-7-5-11(6-8-12)13(14)15-9-3-2-4-10-15/h5-8,14H,2-4,9-10H2,1H3. The summed E-state index contributed by atoms with van der Waals surface area (Å²) in [5.74, 6) is 0.687. The van der Waals surface area contributed by atoms with Crippen LogP contribution in [0.1, 0.15) is 24.8 Å². The summed E-state index contributed by atoms with van der Waals surface area (Å²) >= 11 is 1.74. The molecule has 1 aliphatic heterocycles. The highest BCUT2D eigenvalue weighted by atomic mass is 32.2. The maximum atomic E-state index is 8.17. The van der Waals surface area contributed by atoms with Crippen molar-refractivity contribution in [1.82, 2.24) is 4.90 Å². The van der Waals surface area contributed by atoms with Crippen molar-refractivity contribution in [2.75, 3.05) is 19.3 Å². The average molecular weight is 234 g/mol. The number of benzene rings is 1. The lowest BCUT2D eigenvalue weighted by Crippen LogP contribution is -2.35. The zero-order valence-electron chi connectivity index (χ0n) is 9.70. The van der Waals surface area contributed by atoms with Gasteiger partial charge in [0.25, 0.3) is 0 Å². The van der Waals surface area contributed by atoms with Gasteiger partial charge in [-0.3, -0.25) is 5.41 Å². The number of rotatable bonds is 2. The van der Waals surface area contributed by atoms with E-state index in [1.54, 1.807) is 11.8 Å². The summed E-state index contributed by atoms with van der Waals surface area (Å²) in [7, 11) is 0. The van der Waals surface area contributed by atoms with Gasteiger partial charge in [-0.05, 0) is 37.7 Å². The van der Waals surface area contributed by atoms with E-state index in [2.05, 4.69) is 35.4 Å². The van der Waals surface area contributed by atoms with Crippen molar-refractivity contribution in [2.24, 2.45) is 0 Å². The van der Waals surface area contributed by atoms with Gasteiger partial charge in [0.1, 0.15) is 5.84 Å². The van der Waals surface area contributed by atoms with E-state index in [0.717, 1.165) is 18.7 Å². The molecule has 1 saturated heterocycles. The molecule has 0 unspecified atom stereocenters. The number of nitrogens with zero attached hydrogens (tertiary/aromatic N) is 1. The van der Waals surface area contributed by atoms with Crippen LogP contribution in [-0.4, -0.2) is 30.1 Å². The first kappa shape index (κ1) is 11.5. The van der Waals surface area contributed by atoms with Crippen LogP contribution in [0.5, 0.6) is 0 Å². The van der Waals surface area contributed by atoms with E-state index >= 15 is 0 Å². The third kappa shape index (κ3) is 2.59. The number of amidine groups is 1. The minimum atomic E-state index is 0.687. The fraction of sp³-hybridized carbons (Fsp3) is 0.462. The Kier molecular flexibility index (Phi) is 3.88. The highest BCUT2D eigenvalue weighted by Crippen LogP contribution is 2.17. The van der Waals surface area contributed by atoms with Crippen LogP contribution in [0.2, 0.25) is 0 Å². The Labute approximate surface area is 102 Å². The Morgan fingerprint density at radius 1 is 1.12 bits per heavy atom. The number of hydrogen-bond acceptors (Lipinski definition) is 2. The Morgan fingerprint density at radius 3 is 2.31 bits per heavy atom. The lowest BCUT2D eigenvalue weighted by molar-refractivity contribution is 0.341. The van der Waals surface area contributed by atoms with E-state index in [9.17, 15) is 0 Å². The molecule has 0 spiro atoms. The van der Waals surface area contributed by atoms with E-state index in [1.807, 2.05) is 0 Å². The van der Waals surface area contributed by atoms with Crippen LogP contribution in [-0.2, 0) is 0 Å². The molecule has 0 radical (unpaired) electrons. The number of likely N-dealkylation sites (tertiary alicyclic amines) is 1. The molecule has 1 aromatic carbocycles. The van der Waals surface area contributed by atoms with Gasteiger partial charge in [-0.2, -0.15) is 0 Å².